The molecule has 0 fully saturated rings. The Balaban J connectivity index is 1.19. The SMILES string of the molecule is [C-]#[N+]/C(=C1\C=C2C=C(c3ccc(-n4c5ccccc5c5ccccc54)cc3)CCC2C(C)(C)C1)c1nc2ccccc2o1. The van der Waals surface area contributed by atoms with Crippen molar-refractivity contribution in [1.29, 1.82) is 0 Å². The molecule has 6 aromatic rings. The summed E-state index contributed by atoms with van der Waals surface area (Å²) in [5.41, 5.74) is 10.6. The van der Waals surface area contributed by atoms with E-state index in [4.69, 9.17) is 11.0 Å². The van der Waals surface area contributed by atoms with Crippen molar-refractivity contribution >= 4 is 44.2 Å². The molecule has 2 aromatic heterocycles. The standard InChI is InChI=1S/C39H31N3O/c1-39(2)24-28(37(40-3)38-41-33-12-6-9-15-36(33)43-38)23-27-22-26(18-21-32(27)39)25-16-19-29(20-17-25)42-34-13-7-4-10-30(34)31-11-5-8-14-35(31)42/h4-17,19-20,22-23,32H,18,21,24H2,1-2H3/b37-28+. The molecular weight excluding hydrogens is 526 g/mol. The summed E-state index contributed by atoms with van der Waals surface area (Å²) in [5.74, 6) is 0.866. The van der Waals surface area contributed by atoms with Gasteiger partial charge in [-0.2, -0.15) is 0 Å². The highest BCUT2D eigenvalue weighted by atomic mass is 16.3. The summed E-state index contributed by atoms with van der Waals surface area (Å²) in [6, 6.07) is 34.0. The second-order valence-electron chi connectivity index (χ2n) is 12.5. The topological polar surface area (TPSA) is 35.3 Å². The van der Waals surface area contributed by atoms with E-state index in [2.05, 4.69) is 113 Å². The molecule has 0 aliphatic heterocycles. The highest BCUT2D eigenvalue weighted by Crippen LogP contribution is 2.51. The van der Waals surface area contributed by atoms with E-state index in [9.17, 15) is 0 Å². The van der Waals surface area contributed by atoms with Crippen molar-refractivity contribution in [2.45, 2.75) is 33.1 Å². The number of allylic oxidation sites excluding steroid dienone is 5. The van der Waals surface area contributed by atoms with Crippen LogP contribution in [0.25, 0.3) is 54.7 Å². The number of para-hydroxylation sites is 4. The molecule has 4 heteroatoms. The van der Waals surface area contributed by atoms with Crippen molar-refractivity contribution < 1.29 is 4.42 Å². The van der Waals surface area contributed by atoms with Crippen molar-refractivity contribution in [2.75, 3.05) is 0 Å². The van der Waals surface area contributed by atoms with Crippen molar-refractivity contribution in [2.24, 2.45) is 11.3 Å². The molecule has 1 atom stereocenters. The first-order valence-electron chi connectivity index (χ1n) is 15.0. The first-order chi connectivity index (χ1) is 21.0. The number of hydrogen-bond donors (Lipinski definition) is 0. The second-order valence-corrected chi connectivity index (χ2v) is 12.5. The summed E-state index contributed by atoms with van der Waals surface area (Å²) in [4.78, 5) is 8.60. The van der Waals surface area contributed by atoms with Crippen LogP contribution in [-0.4, -0.2) is 9.55 Å². The van der Waals surface area contributed by atoms with Gasteiger partial charge in [-0.25, -0.2) is 9.83 Å². The smallest absolute Gasteiger partial charge is 0.250 e. The third-order valence-corrected chi connectivity index (χ3v) is 9.36. The Morgan fingerprint density at radius 2 is 1.53 bits per heavy atom. The van der Waals surface area contributed by atoms with Gasteiger partial charge in [0.15, 0.2) is 5.58 Å². The number of benzene rings is 4. The van der Waals surface area contributed by atoms with Crippen molar-refractivity contribution in [3.8, 4) is 5.69 Å². The number of oxazole rings is 1. The van der Waals surface area contributed by atoms with Gasteiger partial charge in [-0.1, -0.05) is 86.7 Å². The number of fused-ring (bicyclic) bond motifs is 5. The lowest BCUT2D eigenvalue weighted by molar-refractivity contribution is 0.228. The minimum Gasteiger partial charge on any atom is -0.447 e. The second kappa shape index (κ2) is 9.71. The molecule has 4 aromatic carbocycles. The van der Waals surface area contributed by atoms with Gasteiger partial charge in [0, 0.05) is 16.5 Å². The fraction of sp³-hybridized carbons (Fsp3) is 0.179. The monoisotopic (exact) mass is 557 g/mol. The van der Waals surface area contributed by atoms with Gasteiger partial charge in [-0.15, -0.1) is 0 Å². The fourth-order valence-electron chi connectivity index (χ4n) is 7.33. The van der Waals surface area contributed by atoms with Crippen LogP contribution in [0.2, 0.25) is 0 Å². The van der Waals surface area contributed by atoms with E-state index in [0.717, 1.165) is 30.4 Å². The Bertz CT molecular complexity index is 2110. The van der Waals surface area contributed by atoms with Crippen LogP contribution in [0.5, 0.6) is 0 Å². The molecule has 2 aliphatic rings. The Morgan fingerprint density at radius 1 is 0.860 bits per heavy atom. The zero-order chi connectivity index (χ0) is 29.1. The van der Waals surface area contributed by atoms with Gasteiger partial charge in [0.25, 0.3) is 5.70 Å². The predicted octanol–water partition coefficient (Wildman–Crippen LogP) is 10.4. The van der Waals surface area contributed by atoms with Gasteiger partial charge in [-0.3, -0.25) is 0 Å². The Morgan fingerprint density at radius 3 is 2.23 bits per heavy atom. The van der Waals surface area contributed by atoms with Crippen LogP contribution in [0.1, 0.15) is 44.6 Å². The molecule has 0 bridgehead atoms. The van der Waals surface area contributed by atoms with Crippen LogP contribution in [-0.2, 0) is 0 Å². The van der Waals surface area contributed by atoms with Gasteiger partial charge in [-0.05, 0) is 89.3 Å². The molecule has 0 saturated heterocycles. The lowest BCUT2D eigenvalue weighted by Gasteiger charge is -2.42. The predicted molar refractivity (Wildman–Crippen MR) is 175 cm³/mol. The van der Waals surface area contributed by atoms with E-state index in [1.54, 1.807) is 0 Å². The van der Waals surface area contributed by atoms with Crippen LogP contribution < -0.4 is 0 Å². The van der Waals surface area contributed by atoms with E-state index in [0.29, 0.717) is 23.1 Å². The molecule has 4 nitrogen and oxygen atoms in total. The Kier molecular flexibility index (Phi) is 5.77. The molecule has 0 spiro atoms. The summed E-state index contributed by atoms with van der Waals surface area (Å²) in [6.45, 7) is 12.7. The van der Waals surface area contributed by atoms with Gasteiger partial charge in [0.1, 0.15) is 5.52 Å². The Labute approximate surface area is 251 Å². The minimum atomic E-state index is 0.0315. The van der Waals surface area contributed by atoms with Crippen molar-refractivity contribution in [3.63, 3.8) is 0 Å². The third-order valence-electron chi connectivity index (χ3n) is 9.36. The van der Waals surface area contributed by atoms with Gasteiger partial charge in [0.05, 0.1) is 17.6 Å². The largest absolute Gasteiger partial charge is 0.447 e. The van der Waals surface area contributed by atoms with Crippen LogP contribution in [0.15, 0.2) is 125 Å². The highest BCUT2D eigenvalue weighted by molar-refractivity contribution is 6.09. The maximum absolute atomic E-state index is 8.04. The maximum Gasteiger partial charge on any atom is 0.250 e. The lowest BCUT2D eigenvalue weighted by atomic mass is 9.62. The molecule has 208 valence electrons. The molecular formula is C39H31N3O. The molecule has 2 aliphatic carbocycles. The molecule has 0 N–H and O–H groups in total. The minimum absolute atomic E-state index is 0.0315. The zero-order valence-electron chi connectivity index (χ0n) is 24.3. The van der Waals surface area contributed by atoms with E-state index >= 15 is 0 Å². The number of rotatable bonds is 3. The van der Waals surface area contributed by atoms with E-state index < -0.39 is 0 Å². The number of nitrogens with zero attached hydrogens (tertiary/aromatic N) is 3. The van der Waals surface area contributed by atoms with E-state index in [1.165, 1.54) is 44.2 Å². The molecule has 0 amide bonds. The van der Waals surface area contributed by atoms with Gasteiger partial charge < -0.3 is 8.98 Å². The summed E-state index contributed by atoms with van der Waals surface area (Å²) in [5, 5.41) is 2.55. The summed E-state index contributed by atoms with van der Waals surface area (Å²) in [6.07, 6.45) is 7.58. The summed E-state index contributed by atoms with van der Waals surface area (Å²) >= 11 is 0. The van der Waals surface area contributed by atoms with Crippen molar-refractivity contribution in [3.05, 3.63) is 143 Å². The molecule has 8 rings (SSSR count). The van der Waals surface area contributed by atoms with Gasteiger partial charge >= 0.3 is 0 Å². The van der Waals surface area contributed by atoms with Crippen LogP contribution in [0.3, 0.4) is 0 Å². The van der Waals surface area contributed by atoms with E-state index in [-0.39, 0.29) is 5.41 Å². The first-order valence-corrected chi connectivity index (χ1v) is 15.0. The average molecular weight is 558 g/mol. The molecule has 1 unspecified atom stereocenters. The molecule has 0 radical (unpaired) electrons. The number of aromatic nitrogens is 2. The molecule has 43 heavy (non-hydrogen) atoms. The summed E-state index contributed by atoms with van der Waals surface area (Å²) in [7, 11) is 0. The Hall–Kier alpha value is -5.14. The average Bonchev–Trinajstić information content (AvgIpc) is 3.60. The quantitative estimate of drug-likeness (QED) is 0.203. The highest BCUT2D eigenvalue weighted by Gasteiger charge is 2.38. The number of hydrogen-bond acceptors (Lipinski definition) is 2. The normalized spacial score (nSPS) is 19.1. The van der Waals surface area contributed by atoms with Crippen LogP contribution in [0, 0.1) is 17.9 Å². The van der Waals surface area contributed by atoms with Crippen LogP contribution >= 0.6 is 0 Å². The van der Waals surface area contributed by atoms with Gasteiger partial charge in [0.2, 0.25) is 5.89 Å². The fourth-order valence-corrected chi connectivity index (χ4v) is 7.33. The molecule has 2 heterocycles. The zero-order valence-corrected chi connectivity index (χ0v) is 24.3. The molecule has 0 saturated carbocycles. The van der Waals surface area contributed by atoms with Crippen molar-refractivity contribution in [1.82, 2.24) is 9.55 Å². The third kappa shape index (κ3) is 4.15. The maximum atomic E-state index is 8.04. The summed E-state index contributed by atoms with van der Waals surface area (Å²) < 4.78 is 8.40. The van der Waals surface area contributed by atoms with E-state index in [1.807, 2.05) is 24.3 Å². The van der Waals surface area contributed by atoms with Crippen LogP contribution in [0.4, 0.5) is 0 Å². The first kappa shape index (κ1) is 25.6. The lowest BCUT2D eigenvalue weighted by Crippen LogP contribution is -2.31.